The first kappa shape index (κ1) is 12.9. The van der Waals surface area contributed by atoms with Crippen LogP contribution in [-0.4, -0.2) is 5.78 Å². The lowest BCUT2D eigenvalue weighted by atomic mass is 9.84. The van der Waals surface area contributed by atoms with Crippen LogP contribution in [0, 0.1) is 17.8 Å². The average molecular weight is 256 g/mol. The molecule has 2 aliphatic rings. The number of hydrogen-bond acceptors (Lipinski definition) is 1. The normalized spacial score (nSPS) is 28.7. The molecule has 0 radical (unpaired) electrons. The molecular weight excluding hydrogens is 232 g/mol. The fraction of sp³-hybridized carbons (Fsp3) is 0.611. The van der Waals surface area contributed by atoms with Crippen LogP contribution in [0.1, 0.15) is 50.5 Å². The third-order valence-electron chi connectivity index (χ3n) is 5.14. The van der Waals surface area contributed by atoms with E-state index < -0.39 is 0 Å². The van der Waals surface area contributed by atoms with Crippen LogP contribution in [0.25, 0.3) is 0 Å². The van der Waals surface area contributed by atoms with Gasteiger partial charge in [0.2, 0.25) is 0 Å². The van der Waals surface area contributed by atoms with Gasteiger partial charge in [0, 0.05) is 12.8 Å². The van der Waals surface area contributed by atoms with Crippen molar-refractivity contribution < 1.29 is 4.79 Å². The van der Waals surface area contributed by atoms with Crippen LogP contribution in [0.5, 0.6) is 0 Å². The van der Waals surface area contributed by atoms with Gasteiger partial charge in [0.1, 0.15) is 5.78 Å². The molecule has 2 bridgehead atoms. The fourth-order valence-electron chi connectivity index (χ4n) is 4.16. The lowest BCUT2D eigenvalue weighted by molar-refractivity contribution is -0.120. The molecule has 2 fully saturated rings. The topological polar surface area (TPSA) is 17.1 Å². The Balaban J connectivity index is 1.38. The number of carbonyl (C=O) groups excluding carboxylic acids is 1. The van der Waals surface area contributed by atoms with Crippen molar-refractivity contribution in [1.82, 2.24) is 0 Å². The maximum atomic E-state index is 12.1. The van der Waals surface area contributed by atoms with Crippen LogP contribution in [0.4, 0.5) is 0 Å². The van der Waals surface area contributed by atoms with Crippen molar-refractivity contribution in [1.29, 1.82) is 0 Å². The zero-order valence-corrected chi connectivity index (χ0v) is 11.7. The molecule has 102 valence electrons. The van der Waals surface area contributed by atoms with Gasteiger partial charge in [0.25, 0.3) is 0 Å². The maximum absolute atomic E-state index is 12.1. The molecule has 19 heavy (non-hydrogen) atoms. The Morgan fingerprint density at radius 3 is 2.63 bits per heavy atom. The summed E-state index contributed by atoms with van der Waals surface area (Å²) in [5, 5.41) is 0. The van der Waals surface area contributed by atoms with Gasteiger partial charge in [0.15, 0.2) is 0 Å². The fourth-order valence-corrected chi connectivity index (χ4v) is 4.16. The molecule has 1 aromatic rings. The van der Waals surface area contributed by atoms with Crippen molar-refractivity contribution in [2.75, 3.05) is 0 Å². The second-order valence-corrected chi connectivity index (χ2v) is 6.52. The molecule has 0 heterocycles. The van der Waals surface area contributed by atoms with E-state index in [-0.39, 0.29) is 0 Å². The third kappa shape index (κ3) is 3.26. The van der Waals surface area contributed by atoms with E-state index in [0.717, 1.165) is 43.4 Å². The summed E-state index contributed by atoms with van der Waals surface area (Å²) >= 11 is 0. The van der Waals surface area contributed by atoms with E-state index in [1.807, 2.05) is 6.07 Å². The lowest BCUT2D eigenvalue weighted by Gasteiger charge is -2.20. The highest BCUT2D eigenvalue weighted by Gasteiger charge is 2.39. The Hall–Kier alpha value is -1.11. The molecule has 3 atom stereocenters. The first-order valence-electron chi connectivity index (χ1n) is 7.87. The van der Waals surface area contributed by atoms with Gasteiger partial charge in [-0.15, -0.1) is 0 Å². The van der Waals surface area contributed by atoms with Crippen molar-refractivity contribution in [3.63, 3.8) is 0 Å². The predicted octanol–water partition coefficient (Wildman–Crippen LogP) is 4.40. The predicted molar refractivity (Wildman–Crippen MR) is 77.9 cm³/mol. The Morgan fingerprint density at radius 1 is 1.11 bits per heavy atom. The first-order chi connectivity index (χ1) is 9.31. The minimum absolute atomic E-state index is 0.508. The van der Waals surface area contributed by atoms with E-state index >= 15 is 0 Å². The van der Waals surface area contributed by atoms with Gasteiger partial charge in [0.05, 0.1) is 0 Å². The smallest absolute Gasteiger partial charge is 0.133 e. The average Bonchev–Trinajstić information content (AvgIpc) is 3.02. The van der Waals surface area contributed by atoms with Crippen LogP contribution < -0.4 is 0 Å². The molecule has 3 rings (SSSR count). The number of carbonyl (C=O) groups is 1. The summed E-state index contributed by atoms with van der Waals surface area (Å²) in [6.45, 7) is 0. The van der Waals surface area contributed by atoms with Crippen molar-refractivity contribution >= 4 is 5.78 Å². The SMILES string of the molecule is O=C(CCCc1ccccc1)CC1CC2CCC1C2. The van der Waals surface area contributed by atoms with Crippen LogP contribution in [0.2, 0.25) is 0 Å². The summed E-state index contributed by atoms with van der Waals surface area (Å²) in [6.07, 6.45) is 9.30. The molecule has 2 saturated carbocycles. The molecule has 3 unspecified atom stereocenters. The molecule has 2 aliphatic carbocycles. The summed E-state index contributed by atoms with van der Waals surface area (Å²) in [4.78, 5) is 12.1. The summed E-state index contributed by atoms with van der Waals surface area (Å²) in [5.74, 6) is 3.10. The van der Waals surface area contributed by atoms with Crippen LogP contribution >= 0.6 is 0 Å². The van der Waals surface area contributed by atoms with Crippen molar-refractivity contribution in [2.45, 2.75) is 51.4 Å². The van der Waals surface area contributed by atoms with Crippen LogP contribution in [0.15, 0.2) is 30.3 Å². The molecule has 0 N–H and O–H groups in total. The van der Waals surface area contributed by atoms with Gasteiger partial charge >= 0.3 is 0 Å². The van der Waals surface area contributed by atoms with Gasteiger partial charge in [-0.3, -0.25) is 4.79 Å². The van der Waals surface area contributed by atoms with E-state index in [4.69, 9.17) is 0 Å². The number of fused-ring (bicyclic) bond motifs is 2. The quantitative estimate of drug-likeness (QED) is 0.737. The third-order valence-corrected chi connectivity index (χ3v) is 5.14. The van der Waals surface area contributed by atoms with E-state index in [0.29, 0.717) is 5.78 Å². The Morgan fingerprint density at radius 2 is 1.95 bits per heavy atom. The summed E-state index contributed by atoms with van der Waals surface area (Å²) < 4.78 is 0. The molecule has 1 nitrogen and oxygen atoms in total. The van der Waals surface area contributed by atoms with E-state index in [2.05, 4.69) is 24.3 Å². The monoisotopic (exact) mass is 256 g/mol. The molecular formula is C18H24O. The van der Waals surface area contributed by atoms with Crippen molar-refractivity contribution in [2.24, 2.45) is 17.8 Å². The highest BCUT2D eigenvalue weighted by Crippen LogP contribution is 2.49. The molecule has 0 aromatic heterocycles. The minimum Gasteiger partial charge on any atom is -0.300 e. The number of ketones is 1. The number of benzene rings is 1. The van der Waals surface area contributed by atoms with Crippen molar-refractivity contribution in [3.05, 3.63) is 35.9 Å². The highest BCUT2D eigenvalue weighted by atomic mass is 16.1. The number of rotatable bonds is 6. The van der Waals surface area contributed by atoms with Gasteiger partial charge in [-0.05, 0) is 55.4 Å². The maximum Gasteiger partial charge on any atom is 0.133 e. The van der Waals surface area contributed by atoms with Crippen molar-refractivity contribution in [3.8, 4) is 0 Å². The highest BCUT2D eigenvalue weighted by molar-refractivity contribution is 5.78. The number of aryl methyl sites for hydroxylation is 1. The Bertz CT molecular complexity index is 423. The van der Waals surface area contributed by atoms with Gasteiger partial charge in [-0.25, -0.2) is 0 Å². The molecule has 1 aromatic carbocycles. The zero-order valence-electron chi connectivity index (χ0n) is 11.7. The Labute approximate surface area is 116 Å². The number of hydrogen-bond donors (Lipinski definition) is 0. The minimum atomic E-state index is 0.508. The zero-order chi connectivity index (χ0) is 13.1. The number of Topliss-reactive ketones (excluding diaryl/α,β-unsaturated/α-hetero) is 1. The van der Waals surface area contributed by atoms with E-state index in [9.17, 15) is 4.79 Å². The van der Waals surface area contributed by atoms with Gasteiger partial charge in [-0.2, -0.15) is 0 Å². The van der Waals surface area contributed by atoms with E-state index in [1.54, 1.807) is 0 Å². The molecule has 0 saturated heterocycles. The standard InChI is InChI=1S/C18H24O/c19-18(8-4-7-14-5-2-1-3-6-14)13-17-12-15-9-10-16(17)11-15/h1-3,5-6,15-17H,4,7-13H2. The molecule has 1 heteroatoms. The molecule has 0 aliphatic heterocycles. The molecule has 0 amide bonds. The second-order valence-electron chi connectivity index (χ2n) is 6.52. The lowest BCUT2D eigenvalue weighted by Crippen LogP contribution is -2.15. The second kappa shape index (κ2) is 5.90. The first-order valence-corrected chi connectivity index (χ1v) is 7.87. The van der Waals surface area contributed by atoms with Crippen LogP contribution in [-0.2, 0) is 11.2 Å². The van der Waals surface area contributed by atoms with Crippen LogP contribution in [0.3, 0.4) is 0 Å². The summed E-state index contributed by atoms with van der Waals surface area (Å²) in [5.41, 5.74) is 1.36. The summed E-state index contributed by atoms with van der Waals surface area (Å²) in [7, 11) is 0. The summed E-state index contributed by atoms with van der Waals surface area (Å²) in [6, 6.07) is 10.5. The largest absolute Gasteiger partial charge is 0.300 e. The molecule has 0 spiro atoms. The van der Waals surface area contributed by atoms with Gasteiger partial charge in [-0.1, -0.05) is 36.8 Å². The Kier molecular flexibility index (Phi) is 4.00. The van der Waals surface area contributed by atoms with Gasteiger partial charge < -0.3 is 0 Å². The van der Waals surface area contributed by atoms with E-state index in [1.165, 1.54) is 31.2 Å².